The van der Waals surface area contributed by atoms with Crippen molar-refractivity contribution in [3.05, 3.63) is 28.2 Å². The summed E-state index contributed by atoms with van der Waals surface area (Å²) in [6.45, 7) is 1.87. The van der Waals surface area contributed by atoms with Gasteiger partial charge in [0.25, 0.3) is 0 Å². The molecule has 1 aromatic rings. The second kappa shape index (κ2) is 6.51. The van der Waals surface area contributed by atoms with E-state index < -0.39 is 12.0 Å². The monoisotopic (exact) mass is 314 g/mol. The molecule has 0 spiro atoms. The number of hydrogen-bond acceptors (Lipinski definition) is 3. The lowest BCUT2D eigenvalue weighted by Gasteiger charge is -2.13. The summed E-state index contributed by atoms with van der Waals surface area (Å²) in [5, 5.41) is 11.2. The summed E-state index contributed by atoms with van der Waals surface area (Å²) in [6.07, 6.45) is 0.000268. The molecule has 0 aliphatic carbocycles. The summed E-state index contributed by atoms with van der Waals surface area (Å²) in [5.41, 5.74) is 7.20. The molecule has 0 bridgehead atoms. The molecular formula is C12H15BrN2O3. The second-order valence-corrected chi connectivity index (χ2v) is 4.90. The van der Waals surface area contributed by atoms with Crippen LogP contribution in [0.3, 0.4) is 0 Å². The number of nitrogens with one attached hydrogen (secondary N) is 1. The average Bonchev–Trinajstić information content (AvgIpc) is 2.30. The zero-order valence-corrected chi connectivity index (χ0v) is 11.5. The molecule has 0 radical (unpaired) electrons. The minimum atomic E-state index is -0.961. The number of carboxylic acid groups (broad SMARTS) is 1. The van der Waals surface area contributed by atoms with Crippen LogP contribution in [0.5, 0.6) is 0 Å². The first kappa shape index (κ1) is 14.7. The van der Waals surface area contributed by atoms with Gasteiger partial charge in [-0.2, -0.15) is 0 Å². The predicted molar refractivity (Wildman–Crippen MR) is 72.4 cm³/mol. The van der Waals surface area contributed by atoms with Crippen LogP contribution < -0.4 is 11.1 Å². The summed E-state index contributed by atoms with van der Waals surface area (Å²) in [4.78, 5) is 22.1. The fraction of sp³-hybridized carbons (Fsp3) is 0.333. The van der Waals surface area contributed by atoms with Gasteiger partial charge in [-0.05, 0) is 31.0 Å². The van der Waals surface area contributed by atoms with Gasteiger partial charge in [0, 0.05) is 16.6 Å². The first-order chi connectivity index (χ1) is 8.40. The van der Waals surface area contributed by atoms with Crippen molar-refractivity contribution >= 4 is 33.5 Å². The molecule has 0 saturated heterocycles. The van der Waals surface area contributed by atoms with Crippen LogP contribution in [0.2, 0.25) is 0 Å². The highest BCUT2D eigenvalue weighted by molar-refractivity contribution is 9.10. The minimum Gasteiger partial charge on any atom is -0.481 e. The van der Waals surface area contributed by atoms with Crippen LogP contribution in [0.4, 0.5) is 5.69 Å². The van der Waals surface area contributed by atoms with Gasteiger partial charge in [-0.3, -0.25) is 9.59 Å². The number of rotatable bonds is 5. The van der Waals surface area contributed by atoms with Crippen LogP contribution >= 0.6 is 15.9 Å². The molecule has 1 unspecified atom stereocenters. The molecule has 1 atom stereocenters. The molecule has 98 valence electrons. The van der Waals surface area contributed by atoms with Crippen LogP contribution in [0, 0.1) is 6.92 Å². The highest BCUT2D eigenvalue weighted by atomic mass is 79.9. The molecule has 1 aromatic carbocycles. The molecule has 0 aromatic heterocycles. The Morgan fingerprint density at radius 3 is 2.78 bits per heavy atom. The summed E-state index contributed by atoms with van der Waals surface area (Å²) < 4.78 is 0.850. The van der Waals surface area contributed by atoms with Crippen molar-refractivity contribution in [2.75, 3.05) is 5.32 Å². The number of nitrogens with two attached hydrogens (primary N) is 1. The molecule has 0 aliphatic heterocycles. The second-order valence-electron chi connectivity index (χ2n) is 3.99. The van der Waals surface area contributed by atoms with E-state index >= 15 is 0 Å². The molecule has 4 N–H and O–H groups in total. The Morgan fingerprint density at radius 1 is 1.50 bits per heavy atom. The van der Waals surface area contributed by atoms with Crippen LogP contribution in [0.15, 0.2) is 22.7 Å². The molecule has 0 saturated carbocycles. The summed E-state index contributed by atoms with van der Waals surface area (Å²) in [6, 6.07) is 4.69. The Morgan fingerprint density at radius 2 is 2.17 bits per heavy atom. The number of amides is 1. The van der Waals surface area contributed by atoms with Gasteiger partial charge in [-0.15, -0.1) is 0 Å². The smallest absolute Gasteiger partial charge is 0.303 e. The first-order valence-corrected chi connectivity index (χ1v) is 6.24. The molecule has 5 nitrogen and oxygen atoms in total. The van der Waals surface area contributed by atoms with E-state index in [4.69, 9.17) is 10.8 Å². The molecule has 0 aliphatic rings. The third-order valence-electron chi connectivity index (χ3n) is 2.46. The van der Waals surface area contributed by atoms with E-state index in [1.807, 2.05) is 19.1 Å². The van der Waals surface area contributed by atoms with Gasteiger partial charge in [-0.1, -0.05) is 22.0 Å². The molecule has 0 heterocycles. The summed E-state index contributed by atoms with van der Waals surface area (Å²) in [7, 11) is 0. The maximum Gasteiger partial charge on any atom is 0.303 e. The van der Waals surface area contributed by atoms with Crippen LogP contribution in [-0.2, 0) is 9.59 Å². The van der Waals surface area contributed by atoms with Gasteiger partial charge in [0.05, 0.1) is 6.04 Å². The van der Waals surface area contributed by atoms with Crippen molar-refractivity contribution in [2.45, 2.75) is 25.8 Å². The zero-order valence-electron chi connectivity index (χ0n) is 9.94. The van der Waals surface area contributed by atoms with Crippen LogP contribution in [0.1, 0.15) is 18.4 Å². The topological polar surface area (TPSA) is 92.4 Å². The first-order valence-electron chi connectivity index (χ1n) is 5.44. The van der Waals surface area contributed by atoms with Crippen molar-refractivity contribution in [1.82, 2.24) is 0 Å². The highest BCUT2D eigenvalue weighted by Gasteiger charge is 2.15. The lowest BCUT2D eigenvalue weighted by molar-refractivity contribution is -0.137. The Labute approximate surface area is 113 Å². The number of carbonyl (C=O) groups is 2. The van der Waals surface area contributed by atoms with E-state index in [1.165, 1.54) is 0 Å². The summed E-state index contributed by atoms with van der Waals surface area (Å²) in [5.74, 6) is -1.34. The SMILES string of the molecule is Cc1ccc(Br)cc1NC(=O)C(N)CCC(=O)O. The number of benzene rings is 1. The molecule has 1 amide bonds. The number of aliphatic carboxylic acids is 1. The van der Waals surface area contributed by atoms with E-state index in [-0.39, 0.29) is 18.7 Å². The number of hydrogen-bond donors (Lipinski definition) is 3. The van der Waals surface area contributed by atoms with E-state index in [2.05, 4.69) is 21.2 Å². The van der Waals surface area contributed by atoms with Crippen LogP contribution in [0.25, 0.3) is 0 Å². The van der Waals surface area contributed by atoms with E-state index in [0.29, 0.717) is 5.69 Å². The third kappa shape index (κ3) is 4.46. The quantitative estimate of drug-likeness (QED) is 0.773. The Kier molecular flexibility index (Phi) is 5.30. The molecule has 1 rings (SSSR count). The number of halogens is 1. The van der Waals surface area contributed by atoms with Gasteiger partial charge >= 0.3 is 5.97 Å². The van der Waals surface area contributed by atoms with Gasteiger partial charge in [-0.25, -0.2) is 0 Å². The number of anilines is 1. The maximum atomic E-state index is 11.7. The predicted octanol–water partition coefficient (Wildman–Crippen LogP) is 1.89. The van der Waals surface area contributed by atoms with Gasteiger partial charge in [0.15, 0.2) is 0 Å². The van der Waals surface area contributed by atoms with Crippen molar-refractivity contribution in [2.24, 2.45) is 5.73 Å². The standard InChI is InChI=1S/C12H15BrN2O3/c1-7-2-3-8(13)6-10(7)15-12(18)9(14)4-5-11(16)17/h2-3,6,9H,4-5,14H2,1H3,(H,15,18)(H,16,17). The lowest BCUT2D eigenvalue weighted by atomic mass is 10.1. The van der Waals surface area contributed by atoms with E-state index in [0.717, 1.165) is 10.0 Å². The highest BCUT2D eigenvalue weighted by Crippen LogP contribution is 2.20. The largest absolute Gasteiger partial charge is 0.481 e. The lowest BCUT2D eigenvalue weighted by Crippen LogP contribution is -2.36. The van der Waals surface area contributed by atoms with Crippen molar-refractivity contribution in [3.8, 4) is 0 Å². The minimum absolute atomic E-state index is 0.119. The Balaban J connectivity index is 2.63. The third-order valence-corrected chi connectivity index (χ3v) is 2.96. The average molecular weight is 315 g/mol. The van der Waals surface area contributed by atoms with Crippen molar-refractivity contribution < 1.29 is 14.7 Å². The van der Waals surface area contributed by atoms with Gasteiger partial charge < -0.3 is 16.2 Å². The normalized spacial score (nSPS) is 11.9. The molecule has 18 heavy (non-hydrogen) atoms. The fourth-order valence-electron chi connectivity index (χ4n) is 1.36. The van der Waals surface area contributed by atoms with E-state index in [1.54, 1.807) is 6.07 Å². The van der Waals surface area contributed by atoms with Gasteiger partial charge in [0.2, 0.25) is 5.91 Å². The number of carbonyl (C=O) groups excluding carboxylic acids is 1. The fourth-order valence-corrected chi connectivity index (χ4v) is 1.73. The number of carboxylic acids is 1. The Bertz CT molecular complexity index is 463. The van der Waals surface area contributed by atoms with Crippen molar-refractivity contribution in [1.29, 1.82) is 0 Å². The van der Waals surface area contributed by atoms with Crippen LogP contribution in [-0.4, -0.2) is 23.0 Å². The number of aryl methyl sites for hydroxylation is 1. The van der Waals surface area contributed by atoms with Crippen molar-refractivity contribution in [3.63, 3.8) is 0 Å². The summed E-state index contributed by atoms with van der Waals surface area (Å²) >= 11 is 3.31. The molecular weight excluding hydrogens is 300 g/mol. The maximum absolute atomic E-state index is 11.7. The van der Waals surface area contributed by atoms with Gasteiger partial charge in [0.1, 0.15) is 0 Å². The molecule has 6 heteroatoms. The Hall–Kier alpha value is -1.40. The zero-order chi connectivity index (χ0) is 13.7. The molecule has 0 fully saturated rings. The van der Waals surface area contributed by atoms with E-state index in [9.17, 15) is 9.59 Å².